The molecular weight excluding hydrogens is 464 g/mol. The molecule has 0 fully saturated rings. The van der Waals surface area contributed by atoms with Crippen LogP contribution in [0.25, 0.3) is 0 Å². The third-order valence-electron chi connectivity index (χ3n) is 4.75. The van der Waals surface area contributed by atoms with Crippen LogP contribution in [0.3, 0.4) is 0 Å². The fraction of sp³-hybridized carbons (Fsp3) is 0.348. The number of nitrogens with one attached hydrogen (secondary N) is 2. The number of amides is 1. The van der Waals surface area contributed by atoms with Crippen molar-refractivity contribution in [2.75, 3.05) is 39.5 Å². The Labute approximate surface area is 200 Å². The smallest absolute Gasteiger partial charge is 0.417 e. The van der Waals surface area contributed by atoms with Crippen LogP contribution in [0.15, 0.2) is 42.5 Å². The Morgan fingerprint density at radius 1 is 1.06 bits per heavy atom. The summed E-state index contributed by atoms with van der Waals surface area (Å²) >= 11 is 0. The van der Waals surface area contributed by atoms with Gasteiger partial charge in [0.05, 0.1) is 6.61 Å². The average molecular weight is 490 g/mol. The van der Waals surface area contributed by atoms with E-state index in [1.54, 1.807) is 18.2 Å². The van der Waals surface area contributed by atoms with Crippen molar-refractivity contribution >= 4 is 17.8 Å². The van der Waals surface area contributed by atoms with E-state index in [0.717, 1.165) is 5.56 Å². The third-order valence-corrected chi connectivity index (χ3v) is 4.75. The summed E-state index contributed by atoms with van der Waals surface area (Å²) in [5, 5.41) is 23.7. The minimum atomic E-state index is -1.71. The van der Waals surface area contributed by atoms with E-state index in [4.69, 9.17) is 29.1 Å². The Hall–Kier alpha value is -4.03. The van der Waals surface area contributed by atoms with E-state index in [2.05, 4.69) is 10.6 Å². The average Bonchev–Trinajstić information content (AvgIpc) is 2.86. The number of hydrogen-bond acceptors (Lipinski definition) is 10. The minimum Gasteiger partial charge on any atom is -0.508 e. The van der Waals surface area contributed by atoms with Gasteiger partial charge in [-0.25, -0.2) is 9.59 Å². The molecule has 2 aromatic rings. The number of phenolic OH excluding ortho intramolecular Hbond substituents is 1. The van der Waals surface area contributed by atoms with Crippen LogP contribution in [-0.4, -0.2) is 73.6 Å². The molecule has 12 heteroatoms. The van der Waals surface area contributed by atoms with Crippen molar-refractivity contribution in [1.29, 1.82) is 0 Å². The molecular formula is C23H26N2O10. The number of rotatable bonds is 12. The molecule has 188 valence electrons. The van der Waals surface area contributed by atoms with Gasteiger partial charge >= 0.3 is 11.9 Å². The van der Waals surface area contributed by atoms with Crippen LogP contribution in [-0.2, 0) is 30.4 Å². The number of carbonyl (C=O) groups is 3. The molecule has 0 saturated carbocycles. The molecule has 0 bridgehead atoms. The molecule has 0 radical (unpaired) electrons. The number of phenols is 1. The van der Waals surface area contributed by atoms with E-state index >= 15 is 0 Å². The summed E-state index contributed by atoms with van der Waals surface area (Å²) < 4.78 is 16.1. The summed E-state index contributed by atoms with van der Waals surface area (Å²) in [5.74, 6) is -1.88. The zero-order chi connectivity index (χ0) is 25.0. The summed E-state index contributed by atoms with van der Waals surface area (Å²) in [5.41, 5.74) is 0.798. The highest BCUT2D eigenvalue weighted by atomic mass is 17.2. The second-order valence-electron chi connectivity index (χ2n) is 7.37. The summed E-state index contributed by atoms with van der Waals surface area (Å²) in [4.78, 5) is 44.4. The molecule has 1 unspecified atom stereocenters. The van der Waals surface area contributed by atoms with Crippen LogP contribution < -0.4 is 25.0 Å². The molecule has 12 nitrogen and oxygen atoms in total. The first-order valence-corrected chi connectivity index (χ1v) is 10.8. The Morgan fingerprint density at radius 3 is 2.63 bits per heavy atom. The Bertz CT molecular complexity index is 1010. The number of hydrogen-bond donors (Lipinski definition) is 4. The van der Waals surface area contributed by atoms with Gasteiger partial charge in [0.15, 0.2) is 12.4 Å². The van der Waals surface area contributed by atoms with Gasteiger partial charge in [0.25, 0.3) is 5.91 Å². The van der Waals surface area contributed by atoms with Crippen molar-refractivity contribution in [3.8, 4) is 23.0 Å². The van der Waals surface area contributed by atoms with Gasteiger partial charge in [0.1, 0.15) is 30.0 Å². The fourth-order valence-corrected chi connectivity index (χ4v) is 3.07. The van der Waals surface area contributed by atoms with Crippen LogP contribution in [0.5, 0.6) is 23.0 Å². The first-order valence-electron chi connectivity index (χ1n) is 10.8. The summed E-state index contributed by atoms with van der Waals surface area (Å²) in [6.45, 7) is 0.717. The van der Waals surface area contributed by atoms with Crippen molar-refractivity contribution in [3.05, 3.63) is 48.0 Å². The van der Waals surface area contributed by atoms with Gasteiger partial charge in [-0.3, -0.25) is 4.79 Å². The van der Waals surface area contributed by atoms with Crippen LogP contribution >= 0.6 is 0 Å². The minimum absolute atomic E-state index is 0.0908. The molecule has 2 aromatic carbocycles. The van der Waals surface area contributed by atoms with E-state index in [-0.39, 0.29) is 38.0 Å². The normalized spacial score (nSPS) is 13.0. The standard InChI is InChI=1S/C23H26N2O10/c26-15-4-6-16(7-5-15)31-14-21(27)25-10-9-24-12-17(34-23(30)22(28)29)13-32-19-2-1-3-20-18(19)8-11-33-35-20/h1-7,17,24,26H,8-14H2,(H,25,27)(H,28,29). The zero-order valence-corrected chi connectivity index (χ0v) is 18.7. The number of ether oxygens (including phenoxy) is 3. The molecule has 3 rings (SSSR count). The van der Waals surface area contributed by atoms with Gasteiger partial charge in [-0.1, -0.05) is 6.07 Å². The number of carbonyl (C=O) groups excluding carboxylic acids is 2. The maximum absolute atomic E-state index is 11.9. The van der Waals surface area contributed by atoms with Crippen molar-refractivity contribution in [2.24, 2.45) is 0 Å². The third kappa shape index (κ3) is 8.36. The van der Waals surface area contributed by atoms with Crippen LogP contribution in [0.4, 0.5) is 0 Å². The van der Waals surface area contributed by atoms with Gasteiger partial charge in [0, 0.05) is 31.6 Å². The molecule has 4 N–H and O–H groups in total. The number of fused-ring (bicyclic) bond motifs is 1. The Morgan fingerprint density at radius 2 is 1.86 bits per heavy atom. The van der Waals surface area contributed by atoms with Gasteiger partial charge in [0.2, 0.25) is 0 Å². The Kier molecular flexibility index (Phi) is 9.51. The van der Waals surface area contributed by atoms with Crippen molar-refractivity contribution in [3.63, 3.8) is 0 Å². The molecule has 0 aliphatic carbocycles. The molecule has 1 atom stereocenters. The van der Waals surface area contributed by atoms with Gasteiger partial charge < -0.3 is 39.9 Å². The lowest BCUT2D eigenvalue weighted by molar-refractivity contribution is -0.215. The molecule has 1 amide bonds. The maximum Gasteiger partial charge on any atom is 0.417 e. The number of aromatic hydroxyl groups is 1. The number of carboxylic acids is 1. The summed E-state index contributed by atoms with van der Waals surface area (Å²) in [7, 11) is 0. The number of aliphatic carboxylic acids is 1. The predicted octanol–water partition coefficient (Wildman–Crippen LogP) is 0.419. The largest absolute Gasteiger partial charge is 0.508 e. The first-order chi connectivity index (χ1) is 16.9. The van der Waals surface area contributed by atoms with E-state index in [0.29, 0.717) is 36.8 Å². The second-order valence-corrected chi connectivity index (χ2v) is 7.37. The SMILES string of the molecule is O=C(COc1ccc(O)cc1)NCCNCC(COc1cccc2c1CCOO2)OC(=O)C(=O)O. The van der Waals surface area contributed by atoms with Crippen LogP contribution in [0, 0.1) is 0 Å². The van der Waals surface area contributed by atoms with E-state index < -0.39 is 18.0 Å². The highest BCUT2D eigenvalue weighted by molar-refractivity contribution is 6.28. The topological polar surface area (TPSA) is 162 Å². The lowest BCUT2D eigenvalue weighted by atomic mass is 10.1. The van der Waals surface area contributed by atoms with Crippen LogP contribution in [0.1, 0.15) is 5.56 Å². The zero-order valence-electron chi connectivity index (χ0n) is 18.7. The quantitative estimate of drug-likeness (QED) is 0.141. The second kappa shape index (κ2) is 13.0. The molecule has 1 heterocycles. The molecule has 0 aromatic heterocycles. The lowest BCUT2D eigenvalue weighted by Crippen LogP contribution is -2.40. The molecule has 1 aliphatic rings. The summed E-state index contributed by atoms with van der Waals surface area (Å²) in [6, 6.07) is 11.1. The first kappa shape index (κ1) is 25.6. The van der Waals surface area contributed by atoms with Crippen molar-refractivity contribution in [2.45, 2.75) is 12.5 Å². The molecule has 0 saturated heterocycles. The number of benzene rings is 2. The highest BCUT2D eigenvalue weighted by Gasteiger charge is 2.22. The fourth-order valence-electron chi connectivity index (χ4n) is 3.07. The summed E-state index contributed by atoms with van der Waals surface area (Å²) in [6.07, 6.45) is -0.330. The van der Waals surface area contributed by atoms with E-state index in [1.807, 2.05) is 0 Å². The number of esters is 1. The number of carboxylic acid groups (broad SMARTS) is 1. The van der Waals surface area contributed by atoms with E-state index in [1.165, 1.54) is 24.3 Å². The van der Waals surface area contributed by atoms with Crippen LogP contribution in [0.2, 0.25) is 0 Å². The van der Waals surface area contributed by atoms with E-state index in [9.17, 15) is 19.5 Å². The predicted molar refractivity (Wildman–Crippen MR) is 119 cm³/mol. The molecule has 0 spiro atoms. The highest BCUT2D eigenvalue weighted by Crippen LogP contribution is 2.31. The van der Waals surface area contributed by atoms with Crippen molar-refractivity contribution < 1.29 is 48.6 Å². The monoisotopic (exact) mass is 490 g/mol. The molecule has 1 aliphatic heterocycles. The van der Waals surface area contributed by atoms with Gasteiger partial charge in [-0.2, -0.15) is 4.89 Å². The molecule has 35 heavy (non-hydrogen) atoms. The maximum atomic E-state index is 11.9. The van der Waals surface area contributed by atoms with Gasteiger partial charge in [-0.05, 0) is 36.4 Å². The Balaban J connectivity index is 1.41. The van der Waals surface area contributed by atoms with Gasteiger partial charge in [-0.15, -0.1) is 0 Å². The lowest BCUT2D eigenvalue weighted by Gasteiger charge is -2.22. The van der Waals surface area contributed by atoms with Crippen molar-refractivity contribution in [1.82, 2.24) is 10.6 Å².